The Morgan fingerprint density at radius 1 is 1.19 bits per heavy atom. The van der Waals surface area contributed by atoms with E-state index in [0.29, 0.717) is 43.3 Å². The lowest BCUT2D eigenvalue weighted by Crippen LogP contribution is -2.42. The number of carbonyl (C=O) groups excluding carboxylic acids is 1. The maximum atomic E-state index is 13.8. The molecule has 0 unspecified atom stereocenters. The lowest BCUT2D eigenvalue weighted by atomic mass is 10.0. The van der Waals surface area contributed by atoms with Gasteiger partial charge in [-0.3, -0.25) is 14.2 Å². The predicted octanol–water partition coefficient (Wildman–Crippen LogP) is 4.24. The maximum Gasteiger partial charge on any atom is 0.264 e. The fourth-order valence-corrected chi connectivity index (χ4v) is 6.25. The third kappa shape index (κ3) is 5.73. The normalized spacial score (nSPS) is 15.2. The van der Waals surface area contributed by atoms with Gasteiger partial charge in [0.05, 0.1) is 30.6 Å². The Bertz CT molecular complexity index is 1340. The number of benzene rings is 2. The number of ether oxygens (including phenoxy) is 1. The van der Waals surface area contributed by atoms with Crippen LogP contribution >= 0.6 is 24.4 Å². The van der Waals surface area contributed by atoms with Crippen LogP contribution in [-0.2, 0) is 24.3 Å². The van der Waals surface area contributed by atoms with Gasteiger partial charge in [-0.2, -0.15) is 0 Å². The van der Waals surface area contributed by atoms with Gasteiger partial charge in [-0.1, -0.05) is 48.5 Å². The molecule has 1 fully saturated rings. The van der Waals surface area contributed by atoms with Gasteiger partial charge in [0.2, 0.25) is 5.91 Å². The van der Waals surface area contributed by atoms with Crippen LogP contribution in [0.25, 0.3) is 5.69 Å². The zero-order valence-electron chi connectivity index (χ0n) is 21.0. The van der Waals surface area contributed by atoms with E-state index >= 15 is 0 Å². The summed E-state index contributed by atoms with van der Waals surface area (Å²) in [5, 5.41) is 4.56. The van der Waals surface area contributed by atoms with Crippen molar-refractivity contribution in [3.05, 3.63) is 75.7 Å². The first-order chi connectivity index (χ1) is 18.0. The Labute approximate surface area is 227 Å². The van der Waals surface area contributed by atoms with Crippen molar-refractivity contribution in [1.29, 1.82) is 0 Å². The summed E-state index contributed by atoms with van der Waals surface area (Å²) < 4.78 is 7.09. The van der Waals surface area contributed by atoms with Crippen molar-refractivity contribution in [2.45, 2.75) is 60.5 Å². The third-order valence-electron chi connectivity index (χ3n) is 7.02. The summed E-state index contributed by atoms with van der Waals surface area (Å²) in [7, 11) is 1.66. The molecule has 1 N–H and O–H groups in total. The largest absolute Gasteiger partial charge is 0.496 e. The van der Waals surface area contributed by atoms with Crippen molar-refractivity contribution >= 4 is 30.3 Å². The van der Waals surface area contributed by atoms with Crippen LogP contribution in [0.4, 0.5) is 0 Å². The maximum absolute atomic E-state index is 13.8. The molecule has 5 rings (SSSR count). The summed E-state index contributed by atoms with van der Waals surface area (Å²) in [4.78, 5) is 34.3. The number of thiol groups is 1. The number of thioether (sulfide) groups is 1. The number of methoxy groups -OCH3 is 1. The van der Waals surface area contributed by atoms with E-state index in [9.17, 15) is 9.59 Å². The molecule has 1 amide bonds. The van der Waals surface area contributed by atoms with E-state index in [4.69, 9.17) is 9.72 Å². The second-order valence-corrected chi connectivity index (χ2v) is 11.2. The van der Waals surface area contributed by atoms with Crippen molar-refractivity contribution < 1.29 is 9.53 Å². The second kappa shape index (κ2) is 11.8. The van der Waals surface area contributed by atoms with Gasteiger partial charge in [0.25, 0.3) is 5.56 Å². The van der Waals surface area contributed by atoms with Gasteiger partial charge in [0, 0.05) is 48.2 Å². The van der Waals surface area contributed by atoms with E-state index in [0.717, 1.165) is 45.6 Å². The van der Waals surface area contributed by atoms with Gasteiger partial charge < -0.3 is 15.0 Å². The molecule has 7 nitrogen and oxygen atoms in total. The fraction of sp³-hybridized carbons (Fsp3) is 0.393. The van der Waals surface area contributed by atoms with E-state index in [1.165, 1.54) is 6.42 Å². The molecule has 0 bridgehead atoms. The van der Waals surface area contributed by atoms with Gasteiger partial charge in [-0.05, 0) is 31.0 Å². The number of hydrogen-bond donors (Lipinski definition) is 2. The topological polar surface area (TPSA) is 76.5 Å². The quantitative estimate of drug-likeness (QED) is 0.242. The van der Waals surface area contributed by atoms with E-state index in [-0.39, 0.29) is 18.0 Å². The van der Waals surface area contributed by atoms with Gasteiger partial charge >= 0.3 is 0 Å². The number of nitrogens with one attached hydrogen (secondary N) is 1. The van der Waals surface area contributed by atoms with Crippen LogP contribution in [0.1, 0.15) is 42.5 Å². The average Bonchev–Trinajstić information content (AvgIpc) is 2.89. The highest BCUT2D eigenvalue weighted by Gasteiger charge is 2.29. The van der Waals surface area contributed by atoms with Crippen molar-refractivity contribution in [2.24, 2.45) is 0 Å². The lowest BCUT2D eigenvalue weighted by molar-refractivity contribution is -0.132. The number of fused-ring (bicyclic) bond motifs is 1. The Balaban J connectivity index is 1.30. The fourth-order valence-electron chi connectivity index (χ4n) is 4.68. The molecule has 2 aliphatic rings. The lowest BCUT2D eigenvalue weighted by Gasteiger charge is -2.30. The summed E-state index contributed by atoms with van der Waals surface area (Å²) in [5.74, 6) is 0.863. The summed E-state index contributed by atoms with van der Waals surface area (Å²) in [6.07, 6.45) is 4.47. The molecule has 0 spiro atoms. The molecule has 2 aromatic carbocycles. The molecule has 1 aromatic heterocycles. The number of aromatic nitrogens is 2. The van der Waals surface area contributed by atoms with Gasteiger partial charge in [0.1, 0.15) is 5.75 Å². The highest BCUT2D eigenvalue weighted by molar-refractivity contribution is 7.99. The molecule has 194 valence electrons. The molecular weight excluding hydrogens is 504 g/mol. The first-order valence-corrected chi connectivity index (χ1v) is 14.1. The van der Waals surface area contributed by atoms with E-state index in [2.05, 4.69) is 17.9 Å². The molecule has 0 saturated heterocycles. The standard InChI is InChI=1S/C28H32N4O3S2/c1-35-24-11-4-2-7-19(24)17-29-15-13-26(33)31-16-14-22-21(18-31)27(34)32(23-10-3-5-12-25(23)36)28(30-22)37-20-8-6-9-20/h2-5,7,10-12,20,29,36H,6,8-9,13-18H2,1H3. The minimum absolute atomic E-state index is 0.0339. The van der Waals surface area contributed by atoms with E-state index in [1.54, 1.807) is 28.3 Å². The Hall–Kier alpha value is -2.75. The summed E-state index contributed by atoms with van der Waals surface area (Å²) >= 11 is 6.31. The number of carbonyl (C=O) groups is 1. The number of rotatable bonds is 9. The van der Waals surface area contributed by atoms with E-state index < -0.39 is 0 Å². The Morgan fingerprint density at radius 3 is 2.73 bits per heavy atom. The van der Waals surface area contributed by atoms with Gasteiger partial charge in [0.15, 0.2) is 5.16 Å². The van der Waals surface area contributed by atoms with Crippen LogP contribution in [0.3, 0.4) is 0 Å². The summed E-state index contributed by atoms with van der Waals surface area (Å²) in [5.41, 5.74) is 3.11. The highest BCUT2D eigenvalue weighted by Crippen LogP contribution is 2.37. The molecule has 1 saturated carbocycles. The molecule has 0 atom stereocenters. The minimum Gasteiger partial charge on any atom is -0.496 e. The van der Waals surface area contributed by atoms with Crippen LogP contribution in [0.2, 0.25) is 0 Å². The molecule has 1 aliphatic heterocycles. The number of hydrogen-bond acceptors (Lipinski definition) is 7. The smallest absolute Gasteiger partial charge is 0.264 e. The first-order valence-electron chi connectivity index (χ1n) is 12.8. The van der Waals surface area contributed by atoms with Crippen LogP contribution in [-0.4, -0.2) is 45.8 Å². The van der Waals surface area contributed by atoms with Crippen LogP contribution in [0, 0.1) is 0 Å². The zero-order valence-corrected chi connectivity index (χ0v) is 22.7. The summed E-state index contributed by atoms with van der Waals surface area (Å²) in [6.45, 7) is 2.03. The molecule has 3 aromatic rings. The van der Waals surface area contributed by atoms with Crippen molar-refractivity contribution in [2.75, 3.05) is 20.2 Å². The van der Waals surface area contributed by atoms with Crippen molar-refractivity contribution in [3.63, 3.8) is 0 Å². The van der Waals surface area contributed by atoms with Crippen LogP contribution in [0.5, 0.6) is 5.75 Å². The van der Waals surface area contributed by atoms with Crippen molar-refractivity contribution in [3.8, 4) is 11.4 Å². The Kier molecular flexibility index (Phi) is 8.22. The average molecular weight is 537 g/mol. The van der Waals surface area contributed by atoms with Gasteiger partial charge in [-0.25, -0.2) is 4.98 Å². The monoisotopic (exact) mass is 536 g/mol. The second-order valence-electron chi connectivity index (χ2n) is 9.42. The molecule has 2 heterocycles. The molecule has 37 heavy (non-hydrogen) atoms. The third-order valence-corrected chi connectivity index (χ3v) is 8.69. The number of para-hydroxylation sites is 2. The highest BCUT2D eigenvalue weighted by atomic mass is 32.2. The number of nitrogens with zero attached hydrogens (tertiary/aromatic N) is 3. The van der Waals surface area contributed by atoms with Gasteiger partial charge in [-0.15, -0.1) is 12.6 Å². The van der Waals surface area contributed by atoms with Crippen molar-refractivity contribution in [1.82, 2.24) is 19.8 Å². The zero-order chi connectivity index (χ0) is 25.8. The SMILES string of the molecule is COc1ccccc1CNCCC(=O)N1CCc2nc(SC3CCC3)n(-c3ccccc3S)c(=O)c2C1. The van der Waals surface area contributed by atoms with Crippen LogP contribution in [0.15, 0.2) is 63.4 Å². The van der Waals surface area contributed by atoms with E-state index in [1.807, 2.05) is 48.5 Å². The van der Waals surface area contributed by atoms with Crippen LogP contribution < -0.4 is 15.6 Å². The Morgan fingerprint density at radius 2 is 1.97 bits per heavy atom. The minimum atomic E-state index is -0.0971. The summed E-state index contributed by atoms with van der Waals surface area (Å²) in [6, 6.07) is 15.4. The number of amides is 1. The first kappa shape index (κ1) is 25.9. The molecule has 0 radical (unpaired) electrons. The molecule has 9 heteroatoms. The predicted molar refractivity (Wildman–Crippen MR) is 149 cm³/mol. The molecule has 1 aliphatic carbocycles. The molecular formula is C28H32N4O3S2.